The second-order valence-electron chi connectivity index (χ2n) is 4.91. The molecule has 0 fully saturated rings. The summed E-state index contributed by atoms with van der Waals surface area (Å²) in [5.74, 6) is -0.815. The van der Waals surface area contributed by atoms with Gasteiger partial charge in [0.2, 0.25) is 0 Å². The Morgan fingerprint density at radius 2 is 1.95 bits per heavy atom. The Morgan fingerprint density at radius 1 is 1.32 bits per heavy atom. The minimum Gasteiger partial charge on any atom is -0.481 e. The molecule has 1 aromatic rings. The molecule has 0 aliphatic heterocycles. The van der Waals surface area contributed by atoms with Gasteiger partial charge in [0.1, 0.15) is 0 Å². The van der Waals surface area contributed by atoms with Crippen LogP contribution in [0.3, 0.4) is 0 Å². The molecule has 0 saturated heterocycles. The zero-order valence-corrected chi connectivity index (χ0v) is 11.7. The van der Waals surface area contributed by atoms with Gasteiger partial charge in [0.15, 0.2) is 0 Å². The standard InChI is InChI=1S/C15H23NO3/c1-3-4-12-5-7-13(8-6-12)14(17)11-16(2)10-9-15(18)19/h5-8,14,17H,3-4,9-11H2,1-2H3,(H,18,19). The van der Waals surface area contributed by atoms with E-state index in [9.17, 15) is 9.90 Å². The summed E-state index contributed by atoms with van der Waals surface area (Å²) in [5, 5.41) is 18.7. The number of carboxylic acid groups (broad SMARTS) is 1. The maximum atomic E-state index is 10.5. The number of aliphatic hydroxyl groups is 1. The molecule has 0 aromatic heterocycles. The maximum absolute atomic E-state index is 10.5. The number of rotatable bonds is 8. The molecule has 0 aliphatic rings. The average molecular weight is 265 g/mol. The SMILES string of the molecule is CCCc1ccc(C(O)CN(C)CCC(=O)O)cc1. The maximum Gasteiger partial charge on any atom is 0.304 e. The highest BCUT2D eigenvalue weighted by Crippen LogP contribution is 2.15. The van der Waals surface area contributed by atoms with Crippen LogP contribution in [0.5, 0.6) is 0 Å². The minimum absolute atomic E-state index is 0.0959. The van der Waals surface area contributed by atoms with E-state index in [-0.39, 0.29) is 6.42 Å². The Bertz CT molecular complexity index is 389. The van der Waals surface area contributed by atoms with E-state index in [2.05, 4.69) is 6.92 Å². The summed E-state index contributed by atoms with van der Waals surface area (Å²) in [4.78, 5) is 12.3. The molecule has 0 saturated carbocycles. The molecular weight excluding hydrogens is 242 g/mol. The molecule has 2 N–H and O–H groups in total. The van der Waals surface area contributed by atoms with Gasteiger partial charge in [-0.1, -0.05) is 37.6 Å². The summed E-state index contributed by atoms with van der Waals surface area (Å²) < 4.78 is 0. The molecular formula is C15H23NO3. The van der Waals surface area contributed by atoms with Crippen LogP contribution in [0.25, 0.3) is 0 Å². The molecule has 4 heteroatoms. The Morgan fingerprint density at radius 3 is 2.47 bits per heavy atom. The van der Waals surface area contributed by atoms with Gasteiger partial charge in [0, 0.05) is 13.1 Å². The highest BCUT2D eigenvalue weighted by Gasteiger charge is 2.11. The lowest BCUT2D eigenvalue weighted by Crippen LogP contribution is -2.27. The Labute approximate surface area is 114 Å². The second kappa shape index (κ2) is 7.92. The first-order chi connectivity index (χ1) is 9.02. The van der Waals surface area contributed by atoms with Gasteiger partial charge in [-0.3, -0.25) is 4.79 Å². The summed E-state index contributed by atoms with van der Waals surface area (Å²) in [6, 6.07) is 7.97. The highest BCUT2D eigenvalue weighted by atomic mass is 16.4. The lowest BCUT2D eigenvalue weighted by Gasteiger charge is -2.20. The number of likely N-dealkylation sites (N-methyl/N-ethyl adjacent to an activating group) is 1. The fourth-order valence-electron chi connectivity index (χ4n) is 1.97. The number of nitrogens with zero attached hydrogens (tertiary/aromatic N) is 1. The van der Waals surface area contributed by atoms with Gasteiger partial charge in [-0.25, -0.2) is 0 Å². The molecule has 1 unspecified atom stereocenters. The Kier molecular flexibility index (Phi) is 6.53. The van der Waals surface area contributed by atoms with Crippen LogP contribution < -0.4 is 0 Å². The van der Waals surface area contributed by atoms with E-state index in [1.807, 2.05) is 36.2 Å². The van der Waals surface area contributed by atoms with Crippen molar-refractivity contribution in [3.05, 3.63) is 35.4 Å². The topological polar surface area (TPSA) is 60.8 Å². The van der Waals surface area contributed by atoms with E-state index in [4.69, 9.17) is 5.11 Å². The van der Waals surface area contributed by atoms with E-state index in [1.54, 1.807) is 0 Å². The van der Waals surface area contributed by atoms with Gasteiger partial charge in [-0.05, 0) is 24.6 Å². The van der Waals surface area contributed by atoms with Crippen molar-refractivity contribution in [3.8, 4) is 0 Å². The number of carbonyl (C=O) groups is 1. The molecule has 0 bridgehead atoms. The fourth-order valence-corrected chi connectivity index (χ4v) is 1.97. The van der Waals surface area contributed by atoms with E-state index >= 15 is 0 Å². The Balaban J connectivity index is 2.47. The minimum atomic E-state index is -0.815. The Hall–Kier alpha value is -1.39. The van der Waals surface area contributed by atoms with Crippen LogP contribution in [0.4, 0.5) is 0 Å². The molecule has 0 aliphatic carbocycles. The van der Waals surface area contributed by atoms with Crippen molar-refractivity contribution < 1.29 is 15.0 Å². The van der Waals surface area contributed by atoms with Crippen molar-refractivity contribution in [2.45, 2.75) is 32.3 Å². The number of aryl methyl sites for hydroxylation is 1. The number of aliphatic carboxylic acids is 1. The monoisotopic (exact) mass is 265 g/mol. The first-order valence-corrected chi connectivity index (χ1v) is 6.70. The molecule has 0 radical (unpaired) electrons. The smallest absolute Gasteiger partial charge is 0.304 e. The van der Waals surface area contributed by atoms with E-state index < -0.39 is 12.1 Å². The van der Waals surface area contributed by atoms with E-state index in [1.165, 1.54) is 5.56 Å². The zero-order chi connectivity index (χ0) is 14.3. The zero-order valence-electron chi connectivity index (χ0n) is 11.7. The summed E-state index contributed by atoms with van der Waals surface area (Å²) in [6.07, 6.45) is 1.68. The third kappa shape index (κ3) is 5.85. The summed E-state index contributed by atoms with van der Waals surface area (Å²) in [7, 11) is 1.82. The molecule has 1 atom stereocenters. The number of benzene rings is 1. The van der Waals surface area contributed by atoms with Gasteiger partial charge >= 0.3 is 5.97 Å². The van der Waals surface area contributed by atoms with Crippen molar-refractivity contribution in [2.75, 3.05) is 20.1 Å². The highest BCUT2D eigenvalue weighted by molar-refractivity contribution is 5.66. The molecule has 1 aromatic carbocycles. The van der Waals surface area contributed by atoms with Crippen LogP contribution in [-0.2, 0) is 11.2 Å². The van der Waals surface area contributed by atoms with Gasteiger partial charge in [0.25, 0.3) is 0 Å². The van der Waals surface area contributed by atoms with Crippen molar-refractivity contribution in [1.29, 1.82) is 0 Å². The van der Waals surface area contributed by atoms with Crippen LogP contribution in [-0.4, -0.2) is 41.2 Å². The molecule has 106 valence electrons. The van der Waals surface area contributed by atoms with Crippen LogP contribution >= 0.6 is 0 Å². The van der Waals surface area contributed by atoms with Crippen LogP contribution in [0, 0.1) is 0 Å². The summed E-state index contributed by atoms with van der Waals surface area (Å²) in [5.41, 5.74) is 2.15. The summed E-state index contributed by atoms with van der Waals surface area (Å²) in [6.45, 7) is 3.03. The van der Waals surface area contributed by atoms with E-state index in [0.717, 1.165) is 18.4 Å². The molecule has 1 rings (SSSR count). The third-order valence-electron chi connectivity index (χ3n) is 3.10. The van der Waals surface area contributed by atoms with E-state index in [0.29, 0.717) is 13.1 Å². The first kappa shape index (κ1) is 15.7. The molecule has 19 heavy (non-hydrogen) atoms. The predicted molar refractivity (Wildman–Crippen MR) is 75.1 cm³/mol. The lowest BCUT2D eigenvalue weighted by atomic mass is 10.0. The average Bonchev–Trinajstić information content (AvgIpc) is 2.37. The van der Waals surface area contributed by atoms with Crippen LogP contribution in [0.2, 0.25) is 0 Å². The number of carboxylic acids is 1. The van der Waals surface area contributed by atoms with Crippen molar-refractivity contribution in [1.82, 2.24) is 4.90 Å². The number of hydrogen-bond donors (Lipinski definition) is 2. The first-order valence-electron chi connectivity index (χ1n) is 6.70. The van der Waals surface area contributed by atoms with Crippen LogP contribution in [0.1, 0.15) is 37.0 Å². The van der Waals surface area contributed by atoms with Crippen LogP contribution in [0.15, 0.2) is 24.3 Å². The second-order valence-corrected chi connectivity index (χ2v) is 4.91. The van der Waals surface area contributed by atoms with Gasteiger partial charge < -0.3 is 15.1 Å². The largest absolute Gasteiger partial charge is 0.481 e. The van der Waals surface area contributed by atoms with Crippen molar-refractivity contribution in [3.63, 3.8) is 0 Å². The quantitative estimate of drug-likeness (QED) is 0.755. The predicted octanol–water partition coefficient (Wildman–Crippen LogP) is 2.08. The van der Waals surface area contributed by atoms with Crippen molar-refractivity contribution in [2.24, 2.45) is 0 Å². The molecule has 0 spiro atoms. The van der Waals surface area contributed by atoms with Gasteiger partial charge in [-0.2, -0.15) is 0 Å². The molecule has 0 amide bonds. The van der Waals surface area contributed by atoms with Gasteiger partial charge in [0.05, 0.1) is 12.5 Å². The lowest BCUT2D eigenvalue weighted by molar-refractivity contribution is -0.137. The number of aliphatic hydroxyl groups excluding tert-OH is 1. The third-order valence-corrected chi connectivity index (χ3v) is 3.10. The number of hydrogen-bond acceptors (Lipinski definition) is 3. The molecule has 4 nitrogen and oxygen atoms in total. The normalized spacial score (nSPS) is 12.6. The molecule has 0 heterocycles. The fraction of sp³-hybridized carbons (Fsp3) is 0.533. The van der Waals surface area contributed by atoms with Gasteiger partial charge in [-0.15, -0.1) is 0 Å². The van der Waals surface area contributed by atoms with Crippen molar-refractivity contribution >= 4 is 5.97 Å². The summed E-state index contributed by atoms with van der Waals surface area (Å²) >= 11 is 0.